The van der Waals surface area contributed by atoms with E-state index >= 15 is 0 Å². The van der Waals surface area contributed by atoms with Crippen LogP contribution in [0.2, 0.25) is 0 Å². The predicted octanol–water partition coefficient (Wildman–Crippen LogP) is 22.2. The van der Waals surface area contributed by atoms with Crippen molar-refractivity contribution < 1.29 is 84.7 Å². The number of hydrogen-bond donors (Lipinski definition) is 4. The van der Waals surface area contributed by atoms with Crippen molar-refractivity contribution in [1.82, 2.24) is 10.6 Å². The molecule has 104 heavy (non-hydrogen) atoms. The van der Waals surface area contributed by atoms with Gasteiger partial charge in [-0.25, -0.2) is 9.13 Å². The molecule has 22 heteroatoms. The first-order valence-electron chi connectivity index (χ1n) is 42.3. The molecule has 0 aliphatic carbocycles. The first-order valence-corrected chi connectivity index (χ1v) is 45.3. The molecule has 2 unspecified atom stereocenters. The second-order valence-electron chi connectivity index (χ2n) is 28.6. The van der Waals surface area contributed by atoms with Gasteiger partial charge in [0.1, 0.15) is 13.2 Å². The summed E-state index contributed by atoms with van der Waals surface area (Å²) in [6.45, 7) is 5.64. The summed E-state index contributed by atoms with van der Waals surface area (Å²) in [4.78, 5) is 97.7. The van der Waals surface area contributed by atoms with E-state index in [9.17, 15) is 47.7 Å². The minimum atomic E-state index is -4.75. The number of rotatable bonds is 81. The minimum absolute atomic E-state index is 0.122. The van der Waals surface area contributed by atoms with Crippen molar-refractivity contribution in [2.45, 2.75) is 412 Å². The van der Waals surface area contributed by atoms with E-state index in [1.807, 2.05) is 0 Å². The van der Waals surface area contributed by atoms with Crippen LogP contribution >= 0.6 is 15.6 Å². The Balaban J connectivity index is 5.03. The number of ether oxygens (including phenoxy) is 4. The van der Waals surface area contributed by atoms with Crippen LogP contribution in [-0.4, -0.2) is 110 Å². The summed E-state index contributed by atoms with van der Waals surface area (Å²) in [6.07, 6.45) is 66.2. The SMILES string of the molecule is CCCCCCCC/C=C\CCCCCCCC(=O)O[C@H](COC(=O)CCCCCCCCCCCCCCC)COP(=O)(O)OCCNC(=O)CCC(=O)NCCOP(=O)(O)OC[C@@H](COC(=O)CCCCCCCCCCCCCCC)OC(=O)CCCCCCC/C=C\CCCCCCCC. The van der Waals surface area contributed by atoms with E-state index in [0.717, 1.165) is 116 Å². The first kappa shape index (κ1) is 101. The highest BCUT2D eigenvalue weighted by molar-refractivity contribution is 7.47. The van der Waals surface area contributed by atoms with Crippen molar-refractivity contribution in [3.8, 4) is 0 Å². The summed E-state index contributed by atoms with van der Waals surface area (Å²) >= 11 is 0. The Morgan fingerprint density at radius 2 is 0.510 bits per heavy atom. The normalized spacial score (nSPS) is 13.4. The molecule has 0 bridgehead atoms. The van der Waals surface area contributed by atoms with Gasteiger partial charge in [-0.2, -0.15) is 0 Å². The third-order valence-electron chi connectivity index (χ3n) is 18.5. The van der Waals surface area contributed by atoms with Gasteiger partial charge in [0, 0.05) is 51.6 Å². The van der Waals surface area contributed by atoms with Gasteiger partial charge in [0.25, 0.3) is 0 Å². The molecule has 0 aliphatic heterocycles. The number of carbonyl (C=O) groups is 6. The fourth-order valence-electron chi connectivity index (χ4n) is 12.0. The van der Waals surface area contributed by atoms with Gasteiger partial charge < -0.3 is 39.4 Å². The summed E-state index contributed by atoms with van der Waals surface area (Å²) in [5.74, 6) is -3.18. The Hall–Kier alpha value is -3.48. The Labute approximate surface area is 633 Å². The number of hydrogen-bond acceptors (Lipinski definition) is 16. The fourth-order valence-corrected chi connectivity index (χ4v) is 13.5. The zero-order chi connectivity index (χ0) is 76.2. The van der Waals surface area contributed by atoms with Gasteiger partial charge in [0.05, 0.1) is 26.4 Å². The van der Waals surface area contributed by atoms with Crippen molar-refractivity contribution in [3.05, 3.63) is 24.3 Å². The monoisotopic (exact) mass is 1520 g/mol. The highest BCUT2D eigenvalue weighted by atomic mass is 31.2. The third-order valence-corrected chi connectivity index (χ3v) is 20.5. The first-order chi connectivity index (χ1) is 50.6. The molecule has 0 aliphatic rings. The molecule has 0 aromatic rings. The van der Waals surface area contributed by atoms with Gasteiger partial charge in [0.15, 0.2) is 12.2 Å². The average Bonchev–Trinajstić information content (AvgIpc) is 0.956. The Morgan fingerprint density at radius 3 is 0.760 bits per heavy atom. The summed E-state index contributed by atoms with van der Waals surface area (Å²) < 4.78 is 68.5. The smallest absolute Gasteiger partial charge is 0.462 e. The number of esters is 4. The van der Waals surface area contributed by atoms with Gasteiger partial charge in [-0.15, -0.1) is 0 Å². The average molecular weight is 1520 g/mol. The van der Waals surface area contributed by atoms with Gasteiger partial charge in [-0.1, -0.05) is 309 Å². The van der Waals surface area contributed by atoms with E-state index in [1.165, 1.54) is 193 Å². The molecule has 0 saturated carbocycles. The Bertz CT molecular complexity index is 2040. The second-order valence-corrected chi connectivity index (χ2v) is 31.5. The molecule has 4 N–H and O–H groups in total. The number of phosphoric acid groups is 2. The van der Waals surface area contributed by atoms with Gasteiger partial charge >= 0.3 is 39.5 Å². The Kier molecular flexibility index (Phi) is 73.7. The van der Waals surface area contributed by atoms with Crippen LogP contribution in [0.1, 0.15) is 400 Å². The van der Waals surface area contributed by atoms with Gasteiger partial charge in [0.2, 0.25) is 11.8 Å². The summed E-state index contributed by atoms with van der Waals surface area (Å²) in [5, 5.41) is 4.99. The topological polar surface area (TPSA) is 275 Å². The van der Waals surface area contributed by atoms with Crippen LogP contribution in [0, 0.1) is 0 Å². The molecule has 0 radical (unpaired) electrons. The van der Waals surface area contributed by atoms with E-state index in [0.29, 0.717) is 25.7 Å². The van der Waals surface area contributed by atoms with Crippen LogP contribution in [0.15, 0.2) is 24.3 Å². The van der Waals surface area contributed by atoms with E-state index < -0.39 is 90.0 Å². The highest BCUT2D eigenvalue weighted by Crippen LogP contribution is 2.44. The molecule has 2 amide bonds. The lowest BCUT2D eigenvalue weighted by molar-refractivity contribution is -0.161. The predicted molar refractivity (Wildman–Crippen MR) is 420 cm³/mol. The molecule has 0 saturated heterocycles. The molecule has 0 rings (SSSR count). The molecule has 610 valence electrons. The third kappa shape index (κ3) is 75.3. The zero-order valence-corrected chi connectivity index (χ0v) is 68.2. The van der Waals surface area contributed by atoms with Crippen molar-refractivity contribution in [1.29, 1.82) is 0 Å². The van der Waals surface area contributed by atoms with E-state index in [-0.39, 0.29) is 64.8 Å². The number of nitrogens with one attached hydrogen (secondary N) is 2. The maximum atomic E-state index is 13.0. The number of phosphoric ester groups is 2. The molecule has 20 nitrogen and oxygen atoms in total. The lowest BCUT2D eigenvalue weighted by atomic mass is 10.0. The van der Waals surface area contributed by atoms with Gasteiger partial charge in [-0.05, 0) is 77.0 Å². The van der Waals surface area contributed by atoms with Crippen LogP contribution in [-0.2, 0) is 74.9 Å². The van der Waals surface area contributed by atoms with Crippen molar-refractivity contribution in [2.24, 2.45) is 0 Å². The lowest BCUT2D eigenvalue weighted by Crippen LogP contribution is -2.31. The molecule has 0 aromatic carbocycles. The molecule has 4 atom stereocenters. The largest absolute Gasteiger partial charge is 0.472 e. The zero-order valence-electron chi connectivity index (χ0n) is 66.5. The van der Waals surface area contributed by atoms with Crippen LogP contribution in [0.3, 0.4) is 0 Å². The maximum Gasteiger partial charge on any atom is 0.472 e. The van der Waals surface area contributed by atoms with Crippen LogP contribution < -0.4 is 10.6 Å². The molecule has 0 spiro atoms. The number of allylic oxidation sites excluding steroid dienone is 4. The molecule has 0 fully saturated rings. The summed E-state index contributed by atoms with van der Waals surface area (Å²) in [6, 6.07) is 0. The standard InChI is InChI=1S/C82H154N2O18P2/c1-5-9-13-17-21-25-29-33-35-39-43-47-51-55-59-63-81(89)101-75(71-95-79(87)61-57-53-49-45-41-37-31-27-23-19-15-11-7-3)73-99-103(91,92)97-69-67-83-77(85)65-66-78(86)84-68-70-98-104(93,94)100-74-76(72-96-80(88)62-58-54-50-46-42-38-32-28-24-20-16-12-8-4)102-82(90)64-60-56-52-48-44-40-36-34-30-26-22-18-14-10-6-2/h33-36,75-76H,5-32,37-74H2,1-4H3,(H,83,85)(H,84,86)(H,91,92)(H,93,94)/b35-33-,36-34-/t75-,76-/m1/s1. The maximum absolute atomic E-state index is 13.0. The fraction of sp³-hybridized carbons (Fsp3) is 0.878. The molecular formula is C82H154N2O18P2. The van der Waals surface area contributed by atoms with E-state index in [4.69, 9.17) is 37.0 Å². The van der Waals surface area contributed by atoms with Crippen molar-refractivity contribution in [2.75, 3.05) is 52.7 Å². The van der Waals surface area contributed by atoms with E-state index in [2.05, 4.69) is 62.6 Å². The van der Waals surface area contributed by atoms with Gasteiger partial charge in [-0.3, -0.25) is 46.9 Å². The second kappa shape index (κ2) is 76.3. The molecule has 0 aromatic heterocycles. The summed E-state index contributed by atoms with van der Waals surface area (Å²) in [7, 11) is -9.50. The van der Waals surface area contributed by atoms with E-state index in [1.54, 1.807) is 0 Å². The van der Waals surface area contributed by atoms with Crippen LogP contribution in [0.5, 0.6) is 0 Å². The summed E-state index contributed by atoms with van der Waals surface area (Å²) in [5.41, 5.74) is 0. The number of unbranched alkanes of at least 4 members (excludes halogenated alkanes) is 46. The number of carbonyl (C=O) groups excluding carboxylic acids is 6. The quantitative estimate of drug-likeness (QED) is 0.0145. The van der Waals surface area contributed by atoms with Crippen molar-refractivity contribution in [3.63, 3.8) is 0 Å². The van der Waals surface area contributed by atoms with Crippen LogP contribution in [0.4, 0.5) is 0 Å². The molecular weight excluding hydrogens is 1360 g/mol. The lowest BCUT2D eigenvalue weighted by Gasteiger charge is -2.20. The number of amides is 2. The molecule has 0 heterocycles. The highest BCUT2D eigenvalue weighted by Gasteiger charge is 2.28. The van der Waals surface area contributed by atoms with Crippen LogP contribution in [0.25, 0.3) is 0 Å². The van der Waals surface area contributed by atoms with Crippen molar-refractivity contribution >= 4 is 51.3 Å². The minimum Gasteiger partial charge on any atom is -0.462 e. The Morgan fingerprint density at radius 1 is 0.288 bits per heavy atom.